The van der Waals surface area contributed by atoms with Crippen LogP contribution < -0.4 is 10.9 Å². The number of carboxylic acid groups (broad SMARTS) is 1. The number of carbonyl (C=O) groups is 3. The number of carbonyl (C=O) groups excluding carboxylic acids is 2. The maximum absolute atomic E-state index is 13.4. The summed E-state index contributed by atoms with van der Waals surface area (Å²) in [6.07, 6.45) is 6.38. The molecule has 9 nitrogen and oxygen atoms in total. The van der Waals surface area contributed by atoms with Gasteiger partial charge >= 0.3 is 5.97 Å². The van der Waals surface area contributed by atoms with E-state index in [1.165, 1.54) is 10.8 Å². The van der Waals surface area contributed by atoms with E-state index in [-0.39, 0.29) is 11.6 Å². The summed E-state index contributed by atoms with van der Waals surface area (Å²) in [5, 5.41) is 21.9. The Hall–Kier alpha value is -3.62. The third-order valence-corrected chi connectivity index (χ3v) is 6.45. The zero-order valence-electron chi connectivity index (χ0n) is 18.2. The monoisotopic (exact) mass is 453 g/mol. The number of amides is 2. The number of nitrogens with one attached hydrogen (secondary N) is 1. The van der Waals surface area contributed by atoms with Crippen molar-refractivity contribution in [2.24, 2.45) is 0 Å². The van der Waals surface area contributed by atoms with Crippen LogP contribution in [0.3, 0.4) is 0 Å². The Balaban J connectivity index is 1.74. The van der Waals surface area contributed by atoms with Crippen molar-refractivity contribution in [3.05, 3.63) is 63.1 Å². The molecule has 2 amide bonds. The second-order valence-corrected chi connectivity index (χ2v) is 8.59. The fourth-order valence-corrected chi connectivity index (χ4v) is 4.70. The first-order chi connectivity index (χ1) is 15.9. The topological polar surface area (TPSA) is 129 Å². The molecule has 3 N–H and O–H groups in total. The molecular formula is C24H27N3O6. The fraction of sp³-hybridized carbons (Fsp3) is 0.417. The third kappa shape index (κ3) is 4.62. The molecule has 1 aromatic carbocycles. The number of aromatic nitrogens is 1. The van der Waals surface area contributed by atoms with Gasteiger partial charge in [-0.1, -0.05) is 43.5 Å². The van der Waals surface area contributed by atoms with Crippen molar-refractivity contribution in [3.63, 3.8) is 0 Å². The highest BCUT2D eigenvalue weighted by Gasteiger charge is 2.31. The average Bonchev–Trinajstić information content (AvgIpc) is 2.82. The van der Waals surface area contributed by atoms with E-state index in [9.17, 15) is 24.3 Å². The zero-order valence-corrected chi connectivity index (χ0v) is 18.2. The maximum atomic E-state index is 13.4. The van der Waals surface area contributed by atoms with Crippen molar-refractivity contribution in [1.82, 2.24) is 14.8 Å². The Labute approximate surface area is 190 Å². The summed E-state index contributed by atoms with van der Waals surface area (Å²) < 4.78 is 1.37. The molecule has 0 unspecified atom stereocenters. The zero-order chi connectivity index (χ0) is 23.5. The second-order valence-electron chi connectivity index (χ2n) is 8.59. The van der Waals surface area contributed by atoms with Gasteiger partial charge in [-0.05, 0) is 30.4 Å². The number of aromatic hydroxyl groups is 1. The van der Waals surface area contributed by atoms with Crippen LogP contribution in [0.2, 0.25) is 0 Å². The van der Waals surface area contributed by atoms with Crippen LogP contribution in [0.1, 0.15) is 70.0 Å². The molecule has 1 fully saturated rings. The lowest BCUT2D eigenvalue weighted by Gasteiger charge is -2.30. The normalized spacial score (nSPS) is 16.2. The van der Waals surface area contributed by atoms with Gasteiger partial charge in [0.15, 0.2) is 0 Å². The third-order valence-electron chi connectivity index (χ3n) is 6.45. The van der Waals surface area contributed by atoms with Crippen LogP contribution in [0, 0.1) is 0 Å². The Bertz CT molecular complexity index is 1150. The quantitative estimate of drug-likeness (QED) is 0.636. The number of rotatable bonds is 5. The van der Waals surface area contributed by atoms with Gasteiger partial charge in [0, 0.05) is 25.3 Å². The van der Waals surface area contributed by atoms with Crippen molar-refractivity contribution in [3.8, 4) is 5.75 Å². The first-order valence-corrected chi connectivity index (χ1v) is 11.2. The Morgan fingerprint density at radius 1 is 1.06 bits per heavy atom. The lowest BCUT2D eigenvalue weighted by atomic mass is 9.94. The molecule has 0 spiro atoms. The molecule has 1 aromatic heterocycles. The van der Waals surface area contributed by atoms with Crippen LogP contribution >= 0.6 is 0 Å². The molecule has 0 saturated heterocycles. The minimum Gasteiger partial charge on any atom is -0.506 e. The highest BCUT2D eigenvalue weighted by molar-refractivity contribution is 6.04. The molecule has 4 rings (SSSR count). The predicted octanol–water partition coefficient (Wildman–Crippen LogP) is 2.07. The van der Waals surface area contributed by atoms with Gasteiger partial charge < -0.3 is 25.0 Å². The molecule has 1 saturated carbocycles. The van der Waals surface area contributed by atoms with Crippen molar-refractivity contribution in [2.45, 2.75) is 51.1 Å². The standard InChI is InChI=1S/C24H27N3O6/c28-19(29)12-25-22(31)20-21(30)18(14-27(24(20)33)17-8-2-1-3-9-17)23(32)26-11-10-15-6-4-5-7-16(15)13-26/h4-7,14,17,30H,1-3,8-13H2,(H,25,31)(H,28,29). The number of carboxylic acids is 1. The van der Waals surface area contributed by atoms with Crippen molar-refractivity contribution >= 4 is 17.8 Å². The highest BCUT2D eigenvalue weighted by atomic mass is 16.4. The number of hydrogen-bond acceptors (Lipinski definition) is 5. The molecule has 0 atom stereocenters. The van der Waals surface area contributed by atoms with E-state index in [0.29, 0.717) is 19.5 Å². The van der Waals surface area contributed by atoms with E-state index < -0.39 is 41.2 Å². The Morgan fingerprint density at radius 2 is 1.76 bits per heavy atom. The summed E-state index contributed by atoms with van der Waals surface area (Å²) in [6.45, 7) is 0.0954. The number of pyridine rings is 1. The molecule has 33 heavy (non-hydrogen) atoms. The number of fused-ring (bicyclic) bond motifs is 1. The fourth-order valence-electron chi connectivity index (χ4n) is 4.70. The van der Waals surface area contributed by atoms with Crippen molar-refractivity contribution < 1.29 is 24.6 Å². The van der Waals surface area contributed by atoms with E-state index in [4.69, 9.17) is 5.11 Å². The number of hydrogen-bond donors (Lipinski definition) is 3. The summed E-state index contributed by atoms with van der Waals surface area (Å²) in [6, 6.07) is 7.62. The highest BCUT2D eigenvalue weighted by Crippen LogP contribution is 2.30. The molecule has 9 heteroatoms. The largest absolute Gasteiger partial charge is 0.506 e. The predicted molar refractivity (Wildman–Crippen MR) is 119 cm³/mol. The Kier molecular flexibility index (Phi) is 6.48. The van der Waals surface area contributed by atoms with Crippen LogP contribution in [0.25, 0.3) is 0 Å². The first kappa shape index (κ1) is 22.6. The van der Waals surface area contributed by atoms with Crippen LogP contribution in [-0.2, 0) is 17.8 Å². The van der Waals surface area contributed by atoms with Crippen LogP contribution in [-0.4, -0.2) is 50.6 Å². The molecule has 2 aliphatic rings. The van der Waals surface area contributed by atoms with Gasteiger partial charge in [-0.25, -0.2) is 0 Å². The van der Waals surface area contributed by atoms with Gasteiger partial charge in [0.25, 0.3) is 17.4 Å². The van der Waals surface area contributed by atoms with E-state index >= 15 is 0 Å². The maximum Gasteiger partial charge on any atom is 0.322 e. The summed E-state index contributed by atoms with van der Waals surface area (Å²) in [7, 11) is 0. The lowest BCUT2D eigenvalue weighted by Crippen LogP contribution is -2.40. The van der Waals surface area contributed by atoms with E-state index in [1.807, 2.05) is 24.3 Å². The molecule has 1 aliphatic carbocycles. The van der Waals surface area contributed by atoms with Gasteiger partial charge in [-0.3, -0.25) is 19.2 Å². The summed E-state index contributed by atoms with van der Waals surface area (Å²) in [5.74, 6) is -3.48. The van der Waals surface area contributed by atoms with E-state index in [1.54, 1.807) is 4.90 Å². The van der Waals surface area contributed by atoms with Crippen LogP contribution in [0.4, 0.5) is 0 Å². The molecule has 174 valence electrons. The molecule has 2 aromatic rings. The second kappa shape index (κ2) is 9.48. The van der Waals surface area contributed by atoms with Crippen molar-refractivity contribution in [1.29, 1.82) is 0 Å². The first-order valence-electron chi connectivity index (χ1n) is 11.2. The van der Waals surface area contributed by atoms with E-state index in [0.717, 1.165) is 43.2 Å². The molecule has 1 aliphatic heterocycles. The van der Waals surface area contributed by atoms with Crippen LogP contribution in [0.15, 0.2) is 35.3 Å². The SMILES string of the molecule is O=C(O)CNC(=O)c1c(O)c(C(=O)N2CCc3ccccc3C2)cn(C2CCCCC2)c1=O. The molecule has 0 bridgehead atoms. The van der Waals surface area contributed by atoms with Crippen LogP contribution in [0.5, 0.6) is 5.75 Å². The lowest BCUT2D eigenvalue weighted by molar-refractivity contribution is -0.135. The summed E-state index contributed by atoms with van der Waals surface area (Å²) >= 11 is 0. The van der Waals surface area contributed by atoms with Gasteiger partial charge in [0.1, 0.15) is 17.9 Å². The smallest absolute Gasteiger partial charge is 0.322 e. The summed E-state index contributed by atoms with van der Waals surface area (Å²) in [4.78, 5) is 51.7. The van der Waals surface area contributed by atoms with Gasteiger partial charge in [0.05, 0.1) is 5.56 Å². The summed E-state index contributed by atoms with van der Waals surface area (Å²) in [5.41, 5.74) is 0.733. The number of benzene rings is 1. The molecular weight excluding hydrogens is 426 g/mol. The van der Waals surface area contributed by atoms with E-state index in [2.05, 4.69) is 5.32 Å². The van der Waals surface area contributed by atoms with Crippen molar-refractivity contribution in [2.75, 3.05) is 13.1 Å². The Morgan fingerprint density at radius 3 is 2.45 bits per heavy atom. The number of aliphatic carboxylic acids is 1. The van der Waals surface area contributed by atoms with Gasteiger partial charge in [-0.15, -0.1) is 0 Å². The van der Waals surface area contributed by atoms with Gasteiger partial charge in [-0.2, -0.15) is 0 Å². The minimum absolute atomic E-state index is 0.125. The minimum atomic E-state index is -1.28. The molecule has 2 heterocycles. The molecule has 0 radical (unpaired) electrons. The number of nitrogens with zero attached hydrogens (tertiary/aromatic N) is 2. The van der Waals surface area contributed by atoms with Gasteiger partial charge in [0.2, 0.25) is 0 Å². The average molecular weight is 453 g/mol.